The van der Waals surface area contributed by atoms with Crippen molar-refractivity contribution in [3.8, 4) is 6.07 Å². The maximum atomic E-state index is 9.43. The minimum absolute atomic E-state index is 0.292. The van der Waals surface area contributed by atoms with Crippen LogP contribution in [0.25, 0.3) is 0 Å². The van der Waals surface area contributed by atoms with Crippen molar-refractivity contribution in [2.45, 2.75) is 51.6 Å². The van der Waals surface area contributed by atoms with Gasteiger partial charge in [0.05, 0.1) is 6.07 Å². The van der Waals surface area contributed by atoms with Gasteiger partial charge in [0.1, 0.15) is 5.54 Å². The van der Waals surface area contributed by atoms with Crippen LogP contribution in [0.3, 0.4) is 0 Å². The Bertz CT molecular complexity index is 390. The van der Waals surface area contributed by atoms with Crippen LogP contribution in [-0.4, -0.2) is 5.54 Å². The molecule has 0 amide bonds. The second-order valence-corrected chi connectivity index (χ2v) is 6.82. The minimum atomic E-state index is -0.292. The zero-order chi connectivity index (χ0) is 12.4. The zero-order valence-electron chi connectivity index (χ0n) is 10.6. The second kappa shape index (κ2) is 4.80. The predicted molar refractivity (Wildman–Crippen MR) is 71.8 cm³/mol. The predicted octanol–water partition coefficient (Wildman–Crippen LogP) is 3.70. The lowest BCUT2D eigenvalue weighted by Gasteiger charge is -2.39. The molecule has 1 aliphatic carbocycles. The van der Waals surface area contributed by atoms with Crippen molar-refractivity contribution >= 4 is 11.3 Å². The van der Waals surface area contributed by atoms with E-state index in [9.17, 15) is 5.26 Å². The number of nitrogens with one attached hydrogen (secondary N) is 1. The molecule has 0 saturated heterocycles. The van der Waals surface area contributed by atoms with Crippen LogP contribution in [0.1, 0.15) is 44.4 Å². The Kier molecular flexibility index (Phi) is 3.56. The van der Waals surface area contributed by atoms with Crippen molar-refractivity contribution in [3.05, 3.63) is 22.4 Å². The summed E-state index contributed by atoms with van der Waals surface area (Å²) in [7, 11) is 0. The molecule has 0 radical (unpaired) electrons. The molecule has 17 heavy (non-hydrogen) atoms. The molecule has 2 nitrogen and oxygen atoms in total. The van der Waals surface area contributed by atoms with Crippen molar-refractivity contribution in [2.75, 3.05) is 0 Å². The van der Waals surface area contributed by atoms with Gasteiger partial charge in [-0.05, 0) is 42.5 Å². The molecule has 1 heterocycles. The van der Waals surface area contributed by atoms with E-state index in [0.717, 1.165) is 32.2 Å². The highest BCUT2D eigenvalue weighted by Gasteiger charge is 2.38. The number of thiophene rings is 1. The Labute approximate surface area is 108 Å². The molecule has 0 bridgehead atoms. The standard InChI is InChI=1S/C14H20N2S/c1-13(2)5-7-14(11-15,8-6-13)16-10-12-4-3-9-17-12/h3-4,9,16H,5-8,10H2,1-2H3. The van der Waals surface area contributed by atoms with E-state index in [1.807, 2.05) is 0 Å². The van der Waals surface area contributed by atoms with E-state index in [4.69, 9.17) is 0 Å². The first-order chi connectivity index (χ1) is 8.05. The fourth-order valence-corrected chi connectivity index (χ4v) is 3.00. The zero-order valence-corrected chi connectivity index (χ0v) is 11.4. The Morgan fingerprint density at radius 3 is 2.59 bits per heavy atom. The molecule has 0 unspecified atom stereocenters. The highest BCUT2D eigenvalue weighted by molar-refractivity contribution is 7.09. The summed E-state index contributed by atoms with van der Waals surface area (Å²) in [5.74, 6) is 0. The molecule has 0 atom stereocenters. The lowest BCUT2D eigenvalue weighted by atomic mass is 9.70. The molecule has 92 valence electrons. The molecular formula is C14H20N2S. The largest absolute Gasteiger partial charge is 0.294 e. The molecule has 0 spiro atoms. The summed E-state index contributed by atoms with van der Waals surface area (Å²) in [6, 6.07) is 6.69. The van der Waals surface area contributed by atoms with Gasteiger partial charge in [0.2, 0.25) is 0 Å². The second-order valence-electron chi connectivity index (χ2n) is 5.79. The van der Waals surface area contributed by atoms with Crippen molar-refractivity contribution in [1.82, 2.24) is 5.32 Å². The average molecular weight is 248 g/mol. The summed E-state index contributed by atoms with van der Waals surface area (Å²) < 4.78 is 0. The van der Waals surface area contributed by atoms with Crippen LogP contribution in [0.2, 0.25) is 0 Å². The molecule has 3 heteroatoms. The van der Waals surface area contributed by atoms with Crippen LogP contribution in [0.15, 0.2) is 17.5 Å². The first kappa shape index (κ1) is 12.6. The number of rotatable bonds is 3. The van der Waals surface area contributed by atoms with Gasteiger partial charge in [0.15, 0.2) is 0 Å². The van der Waals surface area contributed by atoms with Gasteiger partial charge in [-0.15, -0.1) is 11.3 Å². The van der Waals surface area contributed by atoms with Crippen LogP contribution in [0.4, 0.5) is 0 Å². The van der Waals surface area contributed by atoms with Crippen LogP contribution < -0.4 is 5.32 Å². The summed E-state index contributed by atoms with van der Waals surface area (Å²) in [6.45, 7) is 5.42. The van der Waals surface area contributed by atoms with Crippen molar-refractivity contribution in [2.24, 2.45) is 5.41 Å². The molecule has 2 rings (SSSR count). The Morgan fingerprint density at radius 1 is 1.35 bits per heavy atom. The van der Waals surface area contributed by atoms with E-state index in [2.05, 4.69) is 42.7 Å². The summed E-state index contributed by atoms with van der Waals surface area (Å²) in [5, 5.41) is 15.0. The van der Waals surface area contributed by atoms with Gasteiger partial charge in [-0.2, -0.15) is 5.26 Å². The van der Waals surface area contributed by atoms with Gasteiger partial charge in [-0.1, -0.05) is 19.9 Å². The Hall–Kier alpha value is -0.850. The summed E-state index contributed by atoms with van der Waals surface area (Å²) in [4.78, 5) is 1.31. The molecule has 1 N–H and O–H groups in total. The van der Waals surface area contributed by atoms with Crippen LogP contribution in [0.5, 0.6) is 0 Å². The summed E-state index contributed by atoms with van der Waals surface area (Å²) in [5.41, 5.74) is 0.116. The number of nitrogens with zero attached hydrogens (tertiary/aromatic N) is 1. The third-order valence-electron chi connectivity index (χ3n) is 3.85. The average Bonchev–Trinajstić information content (AvgIpc) is 2.82. The van der Waals surface area contributed by atoms with Crippen molar-refractivity contribution in [3.63, 3.8) is 0 Å². The summed E-state index contributed by atoms with van der Waals surface area (Å²) in [6.07, 6.45) is 4.22. The van der Waals surface area contributed by atoms with Crippen LogP contribution >= 0.6 is 11.3 Å². The maximum absolute atomic E-state index is 9.43. The minimum Gasteiger partial charge on any atom is -0.294 e. The fourth-order valence-electron chi connectivity index (χ4n) is 2.35. The lowest BCUT2D eigenvalue weighted by molar-refractivity contribution is 0.170. The van der Waals surface area contributed by atoms with E-state index in [0.29, 0.717) is 5.41 Å². The van der Waals surface area contributed by atoms with E-state index >= 15 is 0 Å². The van der Waals surface area contributed by atoms with Crippen LogP contribution in [-0.2, 0) is 6.54 Å². The Morgan fingerprint density at radius 2 is 2.06 bits per heavy atom. The molecule has 1 aromatic rings. The van der Waals surface area contributed by atoms with Gasteiger partial charge >= 0.3 is 0 Å². The molecule has 1 saturated carbocycles. The smallest absolute Gasteiger partial charge is 0.107 e. The van der Waals surface area contributed by atoms with Gasteiger partial charge in [-0.25, -0.2) is 0 Å². The van der Waals surface area contributed by atoms with Gasteiger partial charge in [-0.3, -0.25) is 5.32 Å². The van der Waals surface area contributed by atoms with E-state index in [1.165, 1.54) is 4.88 Å². The highest BCUT2D eigenvalue weighted by atomic mass is 32.1. The first-order valence-corrected chi connectivity index (χ1v) is 7.12. The third kappa shape index (κ3) is 3.08. The maximum Gasteiger partial charge on any atom is 0.107 e. The van der Waals surface area contributed by atoms with Crippen molar-refractivity contribution < 1.29 is 0 Å². The summed E-state index contributed by atoms with van der Waals surface area (Å²) >= 11 is 1.75. The number of hydrogen-bond acceptors (Lipinski definition) is 3. The number of hydrogen-bond donors (Lipinski definition) is 1. The highest BCUT2D eigenvalue weighted by Crippen LogP contribution is 2.40. The quantitative estimate of drug-likeness (QED) is 0.885. The molecule has 1 aliphatic rings. The normalized spacial score (nSPS) is 21.9. The van der Waals surface area contributed by atoms with E-state index < -0.39 is 0 Å². The molecule has 1 fully saturated rings. The molecule has 1 aromatic heterocycles. The van der Waals surface area contributed by atoms with E-state index in [1.54, 1.807) is 11.3 Å². The van der Waals surface area contributed by atoms with E-state index in [-0.39, 0.29) is 5.54 Å². The third-order valence-corrected chi connectivity index (χ3v) is 4.73. The number of nitriles is 1. The Balaban J connectivity index is 1.95. The van der Waals surface area contributed by atoms with Gasteiger partial charge in [0.25, 0.3) is 0 Å². The molecule has 0 aliphatic heterocycles. The topological polar surface area (TPSA) is 35.8 Å². The monoisotopic (exact) mass is 248 g/mol. The van der Waals surface area contributed by atoms with Gasteiger partial charge < -0.3 is 0 Å². The fraction of sp³-hybridized carbons (Fsp3) is 0.643. The van der Waals surface area contributed by atoms with Crippen LogP contribution in [0, 0.1) is 16.7 Å². The lowest BCUT2D eigenvalue weighted by Crippen LogP contribution is -2.47. The first-order valence-electron chi connectivity index (χ1n) is 6.24. The SMILES string of the molecule is CC1(C)CCC(C#N)(NCc2cccs2)CC1. The van der Waals surface area contributed by atoms with Gasteiger partial charge in [0, 0.05) is 11.4 Å². The molecular weight excluding hydrogens is 228 g/mol. The molecule has 0 aromatic carbocycles. The van der Waals surface area contributed by atoms with Crippen molar-refractivity contribution in [1.29, 1.82) is 5.26 Å².